The van der Waals surface area contributed by atoms with Gasteiger partial charge in [-0.15, -0.1) is 0 Å². The minimum Gasteiger partial charge on any atom is -0.484 e. The van der Waals surface area contributed by atoms with Crippen LogP contribution in [0.1, 0.15) is 31.4 Å². The fourth-order valence-corrected chi connectivity index (χ4v) is 2.85. The lowest BCUT2D eigenvalue weighted by atomic mass is 10.1. The van der Waals surface area contributed by atoms with Crippen molar-refractivity contribution in [3.63, 3.8) is 0 Å². The molecule has 0 spiro atoms. The number of rotatable bonds is 9. The Balaban J connectivity index is 2.14. The van der Waals surface area contributed by atoms with E-state index in [2.05, 4.69) is 5.32 Å². The number of amides is 2. The van der Waals surface area contributed by atoms with Gasteiger partial charge in [0, 0.05) is 13.1 Å². The molecule has 0 aliphatic carbocycles. The highest BCUT2D eigenvalue weighted by molar-refractivity contribution is 5.88. The van der Waals surface area contributed by atoms with Crippen molar-refractivity contribution in [3.8, 4) is 5.75 Å². The normalized spacial score (nSPS) is 11.5. The Morgan fingerprint density at radius 3 is 2.30 bits per heavy atom. The third-order valence-corrected chi connectivity index (χ3v) is 4.32. The van der Waals surface area contributed by atoms with Crippen molar-refractivity contribution in [2.75, 3.05) is 13.2 Å². The van der Waals surface area contributed by atoms with Gasteiger partial charge in [0.15, 0.2) is 6.61 Å². The molecule has 2 aromatic carbocycles. The van der Waals surface area contributed by atoms with Gasteiger partial charge in [0.05, 0.1) is 0 Å². The van der Waals surface area contributed by atoms with E-state index in [0.717, 1.165) is 11.1 Å². The van der Waals surface area contributed by atoms with Gasteiger partial charge in [-0.3, -0.25) is 9.59 Å². The smallest absolute Gasteiger partial charge is 0.261 e. The number of carbonyl (C=O) groups is 2. The van der Waals surface area contributed by atoms with Crippen LogP contribution in [0.25, 0.3) is 0 Å². The van der Waals surface area contributed by atoms with Crippen LogP contribution in [0.3, 0.4) is 0 Å². The molecule has 2 rings (SSSR count). The van der Waals surface area contributed by atoms with Crippen LogP contribution in [0.4, 0.5) is 0 Å². The second-order valence-electron chi connectivity index (χ2n) is 6.43. The van der Waals surface area contributed by atoms with E-state index >= 15 is 0 Å². The first-order valence-corrected chi connectivity index (χ1v) is 9.35. The monoisotopic (exact) mass is 368 g/mol. The van der Waals surface area contributed by atoms with E-state index in [1.54, 1.807) is 4.90 Å². The summed E-state index contributed by atoms with van der Waals surface area (Å²) < 4.78 is 5.65. The lowest BCUT2D eigenvalue weighted by Gasteiger charge is -2.30. The predicted molar refractivity (Wildman–Crippen MR) is 106 cm³/mol. The van der Waals surface area contributed by atoms with Gasteiger partial charge in [0.2, 0.25) is 5.91 Å². The maximum Gasteiger partial charge on any atom is 0.261 e. The molecule has 0 saturated carbocycles. The highest BCUT2D eigenvalue weighted by Crippen LogP contribution is 2.15. The van der Waals surface area contributed by atoms with Gasteiger partial charge in [-0.1, -0.05) is 55.0 Å². The third-order valence-electron chi connectivity index (χ3n) is 4.32. The first-order valence-electron chi connectivity index (χ1n) is 9.35. The Hall–Kier alpha value is -2.82. The SMILES string of the molecule is CCNC(=O)[C@@H](CC)N(Cc1ccccc1)C(=O)COc1ccc(C)cc1. The summed E-state index contributed by atoms with van der Waals surface area (Å²) in [6.07, 6.45) is 0.537. The van der Waals surface area contributed by atoms with Crippen LogP contribution in [0.15, 0.2) is 54.6 Å². The molecule has 1 N–H and O–H groups in total. The molecule has 0 aliphatic rings. The van der Waals surface area contributed by atoms with E-state index < -0.39 is 6.04 Å². The van der Waals surface area contributed by atoms with Crippen LogP contribution in [0.5, 0.6) is 5.75 Å². The zero-order chi connectivity index (χ0) is 19.6. The van der Waals surface area contributed by atoms with Gasteiger partial charge in [-0.05, 0) is 38.0 Å². The Morgan fingerprint density at radius 1 is 1.04 bits per heavy atom. The lowest BCUT2D eigenvalue weighted by Crippen LogP contribution is -2.50. The summed E-state index contributed by atoms with van der Waals surface area (Å²) in [5.41, 5.74) is 2.10. The molecule has 0 heterocycles. The van der Waals surface area contributed by atoms with Crippen LogP contribution >= 0.6 is 0 Å². The molecular formula is C22H28N2O3. The van der Waals surface area contributed by atoms with Crippen molar-refractivity contribution >= 4 is 11.8 Å². The number of aryl methyl sites for hydroxylation is 1. The van der Waals surface area contributed by atoms with Crippen molar-refractivity contribution in [3.05, 3.63) is 65.7 Å². The highest BCUT2D eigenvalue weighted by atomic mass is 16.5. The standard InChI is InChI=1S/C22H28N2O3/c1-4-20(22(26)23-5-2)24(15-18-9-7-6-8-10-18)21(25)16-27-19-13-11-17(3)12-14-19/h6-14,20H,4-5,15-16H2,1-3H3,(H,23,26)/t20-/m1/s1. The van der Waals surface area contributed by atoms with Crippen molar-refractivity contribution in [1.82, 2.24) is 10.2 Å². The molecule has 0 radical (unpaired) electrons. The molecule has 2 amide bonds. The topological polar surface area (TPSA) is 58.6 Å². The first kappa shape index (κ1) is 20.5. The van der Waals surface area contributed by atoms with E-state index in [4.69, 9.17) is 4.74 Å². The fourth-order valence-electron chi connectivity index (χ4n) is 2.85. The summed E-state index contributed by atoms with van der Waals surface area (Å²) in [6, 6.07) is 16.7. The van der Waals surface area contributed by atoms with Gasteiger partial charge < -0.3 is 15.0 Å². The van der Waals surface area contributed by atoms with Crippen LogP contribution in [-0.4, -0.2) is 35.9 Å². The number of nitrogens with zero attached hydrogens (tertiary/aromatic N) is 1. The number of nitrogens with one attached hydrogen (secondary N) is 1. The van der Waals surface area contributed by atoms with Crippen LogP contribution < -0.4 is 10.1 Å². The first-order chi connectivity index (χ1) is 13.0. The number of benzene rings is 2. The minimum atomic E-state index is -0.528. The fraction of sp³-hybridized carbons (Fsp3) is 0.364. The summed E-state index contributed by atoms with van der Waals surface area (Å²) in [7, 11) is 0. The van der Waals surface area contributed by atoms with E-state index in [1.165, 1.54) is 0 Å². The Bertz CT molecular complexity index is 729. The predicted octanol–water partition coefficient (Wildman–Crippen LogP) is 3.32. The van der Waals surface area contributed by atoms with Gasteiger partial charge in [-0.25, -0.2) is 0 Å². The zero-order valence-electron chi connectivity index (χ0n) is 16.3. The van der Waals surface area contributed by atoms with Crippen LogP contribution in [-0.2, 0) is 16.1 Å². The molecular weight excluding hydrogens is 340 g/mol. The molecule has 0 saturated heterocycles. The number of hydrogen-bond acceptors (Lipinski definition) is 3. The van der Waals surface area contributed by atoms with E-state index in [0.29, 0.717) is 25.3 Å². The maximum absolute atomic E-state index is 12.9. The van der Waals surface area contributed by atoms with Gasteiger partial charge in [0.1, 0.15) is 11.8 Å². The Kier molecular flexibility index (Phi) is 7.86. The number of hydrogen-bond donors (Lipinski definition) is 1. The summed E-state index contributed by atoms with van der Waals surface area (Å²) in [5, 5.41) is 2.82. The zero-order valence-corrected chi connectivity index (χ0v) is 16.3. The average Bonchev–Trinajstić information content (AvgIpc) is 2.68. The second-order valence-corrected chi connectivity index (χ2v) is 6.43. The quantitative estimate of drug-likeness (QED) is 0.739. The largest absolute Gasteiger partial charge is 0.484 e. The Morgan fingerprint density at radius 2 is 1.70 bits per heavy atom. The molecule has 0 aliphatic heterocycles. The molecule has 0 aromatic heterocycles. The summed E-state index contributed by atoms with van der Waals surface area (Å²) >= 11 is 0. The Labute approximate surface area is 161 Å². The highest BCUT2D eigenvalue weighted by Gasteiger charge is 2.28. The van der Waals surface area contributed by atoms with Crippen molar-refractivity contribution < 1.29 is 14.3 Å². The summed E-state index contributed by atoms with van der Waals surface area (Å²) in [5.74, 6) is 0.289. The lowest BCUT2D eigenvalue weighted by molar-refractivity contribution is -0.142. The summed E-state index contributed by atoms with van der Waals surface area (Å²) in [6.45, 7) is 6.57. The molecule has 27 heavy (non-hydrogen) atoms. The van der Waals surface area contributed by atoms with Crippen LogP contribution in [0, 0.1) is 6.92 Å². The molecule has 5 heteroatoms. The van der Waals surface area contributed by atoms with E-state index in [1.807, 2.05) is 75.4 Å². The average molecular weight is 368 g/mol. The van der Waals surface area contributed by atoms with E-state index in [9.17, 15) is 9.59 Å². The second kappa shape index (κ2) is 10.4. The van der Waals surface area contributed by atoms with Crippen LogP contribution in [0.2, 0.25) is 0 Å². The number of carbonyl (C=O) groups excluding carboxylic acids is 2. The molecule has 0 unspecified atom stereocenters. The minimum absolute atomic E-state index is 0.105. The third kappa shape index (κ3) is 6.13. The molecule has 5 nitrogen and oxygen atoms in total. The number of ether oxygens (including phenoxy) is 1. The van der Waals surface area contributed by atoms with Crippen molar-refractivity contribution in [2.24, 2.45) is 0 Å². The summed E-state index contributed by atoms with van der Waals surface area (Å²) in [4.78, 5) is 27.0. The maximum atomic E-state index is 12.9. The van der Waals surface area contributed by atoms with Crippen molar-refractivity contribution in [2.45, 2.75) is 39.8 Å². The molecule has 0 bridgehead atoms. The molecule has 144 valence electrons. The van der Waals surface area contributed by atoms with Gasteiger partial charge in [0.25, 0.3) is 5.91 Å². The number of likely N-dealkylation sites (N-methyl/N-ethyl adjacent to an activating group) is 1. The molecule has 0 fully saturated rings. The van der Waals surface area contributed by atoms with Gasteiger partial charge >= 0.3 is 0 Å². The van der Waals surface area contributed by atoms with Crippen molar-refractivity contribution in [1.29, 1.82) is 0 Å². The van der Waals surface area contributed by atoms with Gasteiger partial charge in [-0.2, -0.15) is 0 Å². The van der Waals surface area contributed by atoms with E-state index in [-0.39, 0.29) is 18.4 Å². The molecule has 2 aromatic rings. The molecule has 1 atom stereocenters.